The Labute approximate surface area is 197 Å². The lowest BCUT2D eigenvalue weighted by atomic mass is 10.0. The Hall–Kier alpha value is -3.01. The quantitative estimate of drug-likeness (QED) is 0.551. The summed E-state index contributed by atoms with van der Waals surface area (Å²) in [6, 6.07) is 10.8. The molecule has 1 N–H and O–H groups in total. The van der Waals surface area contributed by atoms with Gasteiger partial charge in [-0.05, 0) is 40.4 Å². The number of alkyl halides is 1. The topological polar surface area (TPSA) is 89.4 Å². The number of pyridine rings is 1. The summed E-state index contributed by atoms with van der Waals surface area (Å²) in [6.07, 6.45) is 1.99. The molecule has 1 amide bonds. The second kappa shape index (κ2) is 9.09. The number of piperidine rings is 1. The Kier molecular flexibility index (Phi) is 6.01. The molecular weight excluding hydrogens is 493 g/mol. The summed E-state index contributed by atoms with van der Waals surface area (Å²) in [5.41, 5.74) is 1.30. The first-order valence-electron chi connectivity index (χ1n) is 10.9. The Morgan fingerprint density at radius 2 is 2.03 bits per heavy atom. The summed E-state index contributed by atoms with van der Waals surface area (Å²) < 4.78 is 22.0. The zero-order valence-corrected chi connectivity index (χ0v) is 19.4. The molecule has 2 aromatic heterocycles. The van der Waals surface area contributed by atoms with Crippen LogP contribution in [-0.4, -0.2) is 50.8 Å². The standard InChI is InChI=1S/C23H23BrFN5O3/c24-19-8-15-10-26-22(28-20(15)30(21(19)31)18-6-7-18)27-17-9-16(25)11-29(12-17)23(32)33-13-14-4-2-1-3-5-14/h1-5,8,10,16-18H,6-7,9,11-13H2,(H,26,27,28)/t16-,17-/m0/s1. The molecule has 33 heavy (non-hydrogen) atoms. The molecule has 0 spiro atoms. The molecule has 3 aromatic rings. The van der Waals surface area contributed by atoms with Crippen molar-refractivity contribution in [2.24, 2.45) is 0 Å². The van der Waals surface area contributed by atoms with Crippen LogP contribution in [0.4, 0.5) is 15.1 Å². The second-order valence-corrected chi connectivity index (χ2v) is 9.34. The summed E-state index contributed by atoms with van der Waals surface area (Å²) in [5, 5.41) is 3.89. The molecule has 10 heteroatoms. The summed E-state index contributed by atoms with van der Waals surface area (Å²) in [6.45, 7) is 0.387. The number of benzene rings is 1. The molecule has 0 radical (unpaired) electrons. The van der Waals surface area contributed by atoms with Gasteiger partial charge >= 0.3 is 6.09 Å². The van der Waals surface area contributed by atoms with Gasteiger partial charge in [0.25, 0.3) is 5.56 Å². The minimum Gasteiger partial charge on any atom is -0.445 e. The maximum atomic E-state index is 14.5. The Balaban J connectivity index is 1.30. The third-order valence-corrected chi connectivity index (χ3v) is 6.41. The minimum absolute atomic E-state index is 0.0143. The number of aromatic nitrogens is 3. The highest BCUT2D eigenvalue weighted by Crippen LogP contribution is 2.36. The molecule has 0 unspecified atom stereocenters. The lowest BCUT2D eigenvalue weighted by Gasteiger charge is -2.34. The maximum Gasteiger partial charge on any atom is 0.410 e. The molecule has 172 valence electrons. The summed E-state index contributed by atoms with van der Waals surface area (Å²) in [4.78, 5) is 35.4. The molecule has 1 saturated carbocycles. The van der Waals surface area contributed by atoms with Crippen LogP contribution < -0.4 is 10.9 Å². The van der Waals surface area contributed by atoms with Crippen molar-refractivity contribution >= 4 is 39.0 Å². The van der Waals surface area contributed by atoms with Crippen LogP contribution in [0.15, 0.2) is 51.9 Å². The highest BCUT2D eigenvalue weighted by atomic mass is 79.9. The first-order valence-corrected chi connectivity index (χ1v) is 11.7. The van der Waals surface area contributed by atoms with Gasteiger partial charge in [0.1, 0.15) is 18.4 Å². The maximum absolute atomic E-state index is 14.5. The van der Waals surface area contributed by atoms with Crippen molar-refractivity contribution in [3.63, 3.8) is 0 Å². The van der Waals surface area contributed by atoms with E-state index < -0.39 is 12.3 Å². The van der Waals surface area contributed by atoms with Crippen molar-refractivity contribution in [3.05, 3.63) is 63.0 Å². The van der Waals surface area contributed by atoms with Gasteiger partial charge in [0, 0.05) is 36.6 Å². The lowest BCUT2D eigenvalue weighted by molar-refractivity contribution is 0.0685. The average Bonchev–Trinajstić information content (AvgIpc) is 3.64. The number of halogens is 2. The number of carbonyl (C=O) groups is 1. The van der Waals surface area contributed by atoms with Crippen LogP contribution in [0.2, 0.25) is 0 Å². The van der Waals surface area contributed by atoms with Crippen molar-refractivity contribution in [1.29, 1.82) is 0 Å². The Bertz CT molecular complexity index is 1230. The molecule has 8 nitrogen and oxygen atoms in total. The number of ether oxygens (including phenoxy) is 1. The van der Waals surface area contributed by atoms with Crippen molar-refractivity contribution in [3.8, 4) is 0 Å². The number of fused-ring (bicyclic) bond motifs is 1. The van der Waals surface area contributed by atoms with Crippen LogP contribution in [0.1, 0.15) is 30.9 Å². The van der Waals surface area contributed by atoms with Gasteiger partial charge in [0.05, 0.1) is 11.0 Å². The predicted octanol–water partition coefficient (Wildman–Crippen LogP) is 4.05. The van der Waals surface area contributed by atoms with Crippen LogP contribution in [0.3, 0.4) is 0 Å². The third-order valence-electron chi connectivity index (χ3n) is 5.84. The smallest absolute Gasteiger partial charge is 0.410 e. The van der Waals surface area contributed by atoms with E-state index in [1.165, 1.54) is 4.90 Å². The van der Waals surface area contributed by atoms with Gasteiger partial charge in [-0.25, -0.2) is 14.2 Å². The Morgan fingerprint density at radius 3 is 2.79 bits per heavy atom. The van der Waals surface area contributed by atoms with E-state index in [1.54, 1.807) is 16.8 Å². The van der Waals surface area contributed by atoms with E-state index in [1.807, 2.05) is 30.3 Å². The van der Waals surface area contributed by atoms with Crippen molar-refractivity contribution in [1.82, 2.24) is 19.4 Å². The number of hydrogen-bond acceptors (Lipinski definition) is 6. The summed E-state index contributed by atoms with van der Waals surface area (Å²) >= 11 is 3.32. The van der Waals surface area contributed by atoms with E-state index >= 15 is 0 Å². The number of hydrogen-bond donors (Lipinski definition) is 1. The van der Waals surface area contributed by atoms with Crippen LogP contribution in [0.5, 0.6) is 0 Å². The number of nitrogens with one attached hydrogen (secondary N) is 1. The number of anilines is 1. The molecule has 1 aromatic carbocycles. The number of likely N-dealkylation sites (tertiary alicyclic amines) is 1. The van der Waals surface area contributed by atoms with Gasteiger partial charge < -0.3 is 15.0 Å². The molecule has 1 aliphatic heterocycles. The molecule has 0 bridgehead atoms. The van der Waals surface area contributed by atoms with Gasteiger partial charge in [-0.3, -0.25) is 9.36 Å². The fourth-order valence-electron chi connectivity index (χ4n) is 4.11. The SMILES string of the molecule is O=C(OCc1ccccc1)N1C[C@@H](F)C[C@H](Nc2ncc3cc(Br)c(=O)n(C4CC4)c3n2)C1. The highest BCUT2D eigenvalue weighted by Gasteiger charge is 2.32. The number of rotatable bonds is 5. The van der Waals surface area contributed by atoms with E-state index in [0.717, 1.165) is 23.8 Å². The van der Waals surface area contributed by atoms with Gasteiger partial charge in [-0.15, -0.1) is 0 Å². The minimum atomic E-state index is -1.19. The van der Waals surface area contributed by atoms with Crippen molar-refractivity contribution in [2.75, 3.05) is 18.4 Å². The molecule has 3 heterocycles. The molecular formula is C23H23BrFN5O3. The zero-order valence-electron chi connectivity index (χ0n) is 17.8. The molecule has 5 rings (SSSR count). The van der Waals surface area contributed by atoms with Crippen LogP contribution in [0.25, 0.3) is 11.0 Å². The lowest BCUT2D eigenvalue weighted by Crippen LogP contribution is -2.50. The largest absolute Gasteiger partial charge is 0.445 e. The van der Waals surface area contributed by atoms with Gasteiger partial charge in [-0.2, -0.15) is 4.98 Å². The van der Waals surface area contributed by atoms with Crippen LogP contribution in [-0.2, 0) is 11.3 Å². The van der Waals surface area contributed by atoms with E-state index in [-0.39, 0.29) is 43.8 Å². The van der Waals surface area contributed by atoms with Gasteiger partial charge in [0.15, 0.2) is 0 Å². The molecule has 2 atom stereocenters. The third kappa shape index (κ3) is 4.85. The second-order valence-electron chi connectivity index (χ2n) is 8.49. The Morgan fingerprint density at radius 1 is 1.24 bits per heavy atom. The molecule has 2 fully saturated rings. The van der Waals surface area contributed by atoms with Gasteiger partial charge in [-0.1, -0.05) is 30.3 Å². The average molecular weight is 516 g/mol. The number of nitrogens with zero attached hydrogens (tertiary/aromatic N) is 4. The molecule has 1 saturated heterocycles. The van der Waals surface area contributed by atoms with Crippen molar-refractivity contribution < 1.29 is 13.9 Å². The van der Waals surface area contributed by atoms with Crippen LogP contribution >= 0.6 is 15.9 Å². The number of carbonyl (C=O) groups excluding carboxylic acids is 1. The van der Waals surface area contributed by atoms with E-state index in [9.17, 15) is 14.0 Å². The first-order chi connectivity index (χ1) is 16.0. The monoisotopic (exact) mass is 515 g/mol. The zero-order chi connectivity index (χ0) is 22.9. The first kappa shape index (κ1) is 21.8. The summed E-state index contributed by atoms with van der Waals surface area (Å²) in [5.74, 6) is 0.301. The van der Waals surface area contributed by atoms with Crippen molar-refractivity contribution in [2.45, 2.75) is 44.1 Å². The fourth-order valence-corrected chi connectivity index (χ4v) is 4.55. The van der Waals surface area contributed by atoms with Gasteiger partial charge in [0.2, 0.25) is 5.95 Å². The molecule has 1 aliphatic carbocycles. The molecule has 2 aliphatic rings. The van der Waals surface area contributed by atoms with E-state index in [2.05, 4.69) is 31.2 Å². The fraction of sp³-hybridized carbons (Fsp3) is 0.391. The van der Waals surface area contributed by atoms with E-state index in [4.69, 9.17) is 4.74 Å². The predicted molar refractivity (Wildman–Crippen MR) is 125 cm³/mol. The van der Waals surface area contributed by atoms with E-state index in [0.29, 0.717) is 16.1 Å². The van der Waals surface area contributed by atoms with Crippen LogP contribution in [0, 0.1) is 0 Å². The highest BCUT2D eigenvalue weighted by molar-refractivity contribution is 9.10. The summed E-state index contributed by atoms with van der Waals surface area (Å²) in [7, 11) is 0. The normalized spacial score (nSPS) is 20.6. The number of amides is 1.